The van der Waals surface area contributed by atoms with Gasteiger partial charge in [0.15, 0.2) is 0 Å². The lowest BCUT2D eigenvalue weighted by Crippen LogP contribution is -2.31. The fourth-order valence-electron chi connectivity index (χ4n) is 2.16. The van der Waals surface area contributed by atoms with Crippen LogP contribution >= 0.6 is 0 Å². The van der Waals surface area contributed by atoms with Gasteiger partial charge in [0.1, 0.15) is 0 Å². The molecule has 5 heteroatoms. The Hall–Kier alpha value is -0.913. The first-order chi connectivity index (χ1) is 7.79. The topological polar surface area (TPSA) is 54.4 Å². The van der Waals surface area contributed by atoms with Crippen molar-refractivity contribution in [2.24, 2.45) is 0 Å². The van der Waals surface area contributed by atoms with Crippen LogP contribution in [0.2, 0.25) is 13.1 Å². The maximum absolute atomic E-state index is 11.4. The second kappa shape index (κ2) is 5.16. The van der Waals surface area contributed by atoms with E-state index in [2.05, 4.69) is 19.7 Å². The normalized spacial score (nSPS) is 11.8. The summed E-state index contributed by atoms with van der Waals surface area (Å²) in [6.45, 7) is 9.91. The second-order valence-electron chi connectivity index (χ2n) is 4.40. The van der Waals surface area contributed by atoms with E-state index >= 15 is 0 Å². The third kappa shape index (κ3) is 3.05. The van der Waals surface area contributed by atoms with Crippen LogP contribution in [0, 0.1) is 6.92 Å². The van der Waals surface area contributed by atoms with Gasteiger partial charge >= 0.3 is 0 Å². The zero-order chi connectivity index (χ0) is 13.2. The lowest BCUT2D eigenvalue weighted by molar-refractivity contribution is 0.482. The Morgan fingerprint density at radius 1 is 1.41 bits per heavy atom. The maximum Gasteiger partial charge on any atom is 0.294 e. The molecule has 0 unspecified atom stereocenters. The highest BCUT2D eigenvalue weighted by atomic mass is 32.2. The molecule has 0 radical (unpaired) electrons. The van der Waals surface area contributed by atoms with Crippen LogP contribution in [0.25, 0.3) is 0 Å². The highest BCUT2D eigenvalue weighted by molar-refractivity contribution is 7.85. The van der Waals surface area contributed by atoms with Crippen molar-refractivity contribution >= 4 is 24.1 Å². The molecule has 1 aromatic rings. The van der Waals surface area contributed by atoms with E-state index in [1.165, 1.54) is 6.07 Å². The number of aryl methyl sites for hydroxylation is 1. The maximum atomic E-state index is 11.4. The molecule has 0 heterocycles. The molecule has 0 bridgehead atoms. The molecule has 0 spiro atoms. The summed E-state index contributed by atoms with van der Waals surface area (Å²) < 4.78 is 31.9. The Morgan fingerprint density at radius 3 is 2.41 bits per heavy atom. The van der Waals surface area contributed by atoms with Crippen molar-refractivity contribution < 1.29 is 13.0 Å². The lowest BCUT2D eigenvalue weighted by atomic mass is 10.1. The van der Waals surface area contributed by atoms with Gasteiger partial charge in [0.2, 0.25) is 0 Å². The summed E-state index contributed by atoms with van der Waals surface area (Å²) in [5.41, 5.74) is 1.81. The fourth-order valence-corrected chi connectivity index (χ4v) is 4.99. The van der Waals surface area contributed by atoms with Crippen molar-refractivity contribution in [2.75, 3.05) is 0 Å². The summed E-state index contributed by atoms with van der Waals surface area (Å²) in [5.74, 6) is 0. The number of allylic oxidation sites excluding steroid dienone is 1. The highest BCUT2D eigenvalue weighted by Gasteiger charge is 2.20. The zero-order valence-corrected chi connectivity index (χ0v) is 12.4. The van der Waals surface area contributed by atoms with Crippen LogP contribution in [0.15, 0.2) is 29.7 Å². The van der Waals surface area contributed by atoms with Crippen molar-refractivity contribution in [1.82, 2.24) is 0 Å². The summed E-state index contributed by atoms with van der Waals surface area (Å²) >= 11 is 0. The molecule has 0 aliphatic heterocycles. The van der Waals surface area contributed by atoms with Gasteiger partial charge in [0, 0.05) is 0 Å². The summed E-state index contributed by atoms with van der Waals surface area (Å²) in [4.78, 5) is 0.0270. The molecule has 1 rings (SSSR count). The first-order valence-corrected chi connectivity index (χ1v) is 9.82. The number of hydrogen-bond acceptors (Lipinski definition) is 2. The Morgan fingerprint density at radius 2 is 2.00 bits per heavy atom. The van der Waals surface area contributed by atoms with E-state index in [0.29, 0.717) is 12.0 Å². The van der Waals surface area contributed by atoms with Gasteiger partial charge in [-0.05, 0) is 25.0 Å². The van der Waals surface area contributed by atoms with E-state index < -0.39 is 18.9 Å². The summed E-state index contributed by atoms with van der Waals surface area (Å²) in [5, 5.41) is 1.11. The van der Waals surface area contributed by atoms with Gasteiger partial charge in [0.05, 0.1) is 13.7 Å². The molecule has 17 heavy (non-hydrogen) atoms. The van der Waals surface area contributed by atoms with Gasteiger partial charge in [-0.25, -0.2) is 0 Å². The van der Waals surface area contributed by atoms with Crippen molar-refractivity contribution in [3.8, 4) is 0 Å². The number of hydrogen-bond donors (Lipinski definition) is 1. The van der Waals surface area contributed by atoms with Crippen LogP contribution in [0.5, 0.6) is 0 Å². The third-order valence-corrected chi connectivity index (χ3v) is 5.63. The van der Waals surface area contributed by atoms with E-state index in [1.54, 1.807) is 12.1 Å². The van der Waals surface area contributed by atoms with Gasteiger partial charge in [-0.2, -0.15) is 8.42 Å². The van der Waals surface area contributed by atoms with Gasteiger partial charge in [-0.1, -0.05) is 36.0 Å². The number of rotatable bonds is 4. The molecule has 3 nitrogen and oxygen atoms in total. The minimum absolute atomic E-state index is 0.0270. The van der Waals surface area contributed by atoms with Crippen molar-refractivity contribution in [3.05, 3.63) is 35.9 Å². The monoisotopic (exact) mass is 270 g/mol. The Balaban J connectivity index is 3.64. The van der Waals surface area contributed by atoms with Crippen molar-refractivity contribution in [3.63, 3.8) is 0 Å². The van der Waals surface area contributed by atoms with Crippen LogP contribution in [-0.4, -0.2) is 21.8 Å². The van der Waals surface area contributed by atoms with Crippen molar-refractivity contribution in [1.29, 1.82) is 0 Å². The quantitative estimate of drug-likeness (QED) is 0.514. The van der Waals surface area contributed by atoms with Crippen molar-refractivity contribution in [2.45, 2.75) is 31.3 Å². The Kier molecular flexibility index (Phi) is 4.29. The Bertz CT molecular complexity index is 533. The molecular formula is C12H18O3SSi. The minimum atomic E-state index is -4.15. The zero-order valence-electron chi connectivity index (χ0n) is 10.4. The minimum Gasteiger partial charge on any atom is -0.282 e. The first-order valence-electron chi connectivity index (χ1n) is 5.49. The van der Waals surface area contributed by atoms with Gasteiger partial charge in [-0.3, -0.25) is 4.55 Å². The van der Waals surface area contributed by atoms with Gasteiger partial charge in [0.25, 0.3) is 10.1 Å². The third-order valence-electron chi connectivity index (χ3n) is 2.74. The van der Waals surface area contributed by atoms with Crippen LogP contribution in [0.1, 0.15) is 11.1 Å². The van der Waals surface area contributed by atoms with E-state index in [1.807, 2.05) is 6.92 Å². The lowest BCUT2D eigenvalue weighted by Gasteiger charge is -2.17. The van der Waals surface area contributed by atoms with Crippen LogP contribution in [0.4, 0.5) is 0 Å². The summed E-state index contributed by atoms with van der Waals surface area (Å²) in [6, 6.07) is 3.24. The molecule has 0 aliphatic carbocycles. The smallest absolute Gasteiger partial charge is 0.282 e. The fraction of sp³-hybridized carbons (Fsp3) is 0.333. The van der Waals surface area contributed by atoms with Crippen LogP contribution in [0.3, 0.4) is 0 Å². The predicted octanol–water partition coefficient (Wildman–Crippen LogP) is 1.66. The molecule has 0 saturated carbocycles. The molecular weight excluding hydrogens is 252 g/mol. The van der Waals surface area contributed by atoms with Gasteiger partial charge in [-0.15, -0.1) is 6.58 Å². The highest BCUT2D eigenvalue weighted by Crippen LogP contribution is 2.17. The largest absolute Gasteiger partial charge is 0.294 e. The summed E-state index contributed by atoms with van der Waals surface area (Å²) in [6.07, 6.45) is 2.14. The molecule has 0 saturated heterocycles. The molecule has 94 valence electrons. The molecule has 1 aromatic carbocycles. The van der Waals surface area contributed by atoms with E-state index in [4.69, 9.17) is 0 Å². The summed E-state index contributed by atoms with van der Waals surface area (Å²) in [7, 11) is -5.32. The van der Waals surface area contributed by atoms with Gasteiger partial charge < -0.3 is 0 Å². The molecule has 0 aliphatic rings. The average molecular weight is 270 g/mol. The first kappa shape index (κ1) is 14.1. The number of benzene rings is 1. The Labute approximate surface area is 105 Å². The van der Waals surface area contributed by atoms with Crippen LogP contribution < -0.4 is 5.19 Å². The van der Waals surface area contributed by atoms with Crippen LogP contribution in [-0.2, 0) is 16.5 Å². The SMILES string of the molecule is C=CCc1c(S(=O)(=O)O)ccc(C)c1[SiH](C)C. The molecule has 1 N–H and O–H groups in total. The standard InChI is InChI=1S/C12H18O3SSi/c1-5-6-10-11(16(13,14)15)8-7-9(2)12(10)17(3)4/h5,7-8,17H,1,6H2,2-4H3,(H,13,14,15). The molecule has 0 fully saturated rings. The molecule has 0 amide bonds. The molecule has 0 atom stereocenters. The van der Waals surface area contributed by atoms with E-state index in [9.17, 15) is 13.0 Å². The van der Waals surface area contributed by atoms with E-state index in [-0.39, 0.29) is 4.90 Å². The predicted molar refractivity (Wildman–Crippen MR) is 73.4 cm³/mol. The second-order valence-corrected chi connectivity index (χ2v) is 8.67. The van der Waals surface area contributed by atoms with E-state index in [0.717, 1.165) is 10.8 Å². The average Bonchev–Trinajstić information content (AvgIpc) is 2.15. The molecule has 0 aromatic heterocycles.